The molecule has 0 saturated carbocycles. The number of hydrogen-bond donors (Lipinski definition) is 2. The van der Waals surface area contributed by atoms with Crippen molar-refractivity contribution in [1.29, 1.82) is 0 Å². The van der Waals surface area contributed by atoms with Gasteiger partial charge in [-0.25, -0.2) is 13.1 Å². The van der Waals surface area contributed by atoms with Crippen LogP contribution in [-0.2, 0) is 19.6 Å². The van der Waals surface area contributed by atoms with Gasteiger partial charge in [-0.1, -0.05) is 18.2 Å². The maximum Gasteiger partial charge on any atom is 0.247 e. The van der Waals surface area contributed by atoms with E-state index < -0.39 is 16.1 Å². The summed E-state index contributed by atoms with van der Waals surface area (Å²) in [5, 5.41) is 2.82. The van der Waals surface area contributed by atoms with E-state index in [1.165, 1.54) is 29.4 Å². The number of carbonyl (C=O) groups excluding carboxylic acids is 2. The van der Waals surface area contributed by atoms with Gasteiger partial charge >= 0.3 is 0 Å². The van der Waals surface area contributed by atoms with Crippen LogP contribution >= 0.6 is 0 Å². The molecule has 148 valence electrons. The monoisotopic (exact) mass is 402 g/mol. The highest BCUT2D eigenvalue weighted by atomic mass is 32.2. The van der Waals surface area contributed by atoms with Gasteiger partial charge in [-0.15, -0.1) is 0 Å². The van der Waals surface area contributed by atoms with E-state index in [0.717, 1.165) is 6.42 Å². The fraction of sp³-hybridized carbons (Fsp3) is 0.316. The van der Waals surface area contributed by atoms with E-state index in [9.17, 15) is 18.0 Å². The molecule has 8 nitrogen and oxygen atoms in total. The van der Waals surface area contributed by atoms with E-state index in [1.807, 2.05) is 18.2 Å². The maximum absolute atomic E-state index is 12.5. The minimum absolute atomic E-state index is 0.0192. The van der Waals surface area contributed by atoms with E-state index in [0.29, 0.717) is 18.7 Å². The number of likely N-dealkylation sites (tertiary alicyclic amines) is 1. The number of hydrogen-bond acceptors (Lipinski definition) is 5. The molecule has 3 rings (SSSR count). The minimum atomic E-state index is -3.71. The summed E-state index contributed by atoms with van der Waals surface area (Å²) in [6, 6.07) is 11.5. The maximum atomic E-state index is 12.5. The van der Waals surface area contributed by atoms with Crippen molar-refractivity contribution in [3.05, 3.63) is 54.9 Å². The van der Waals surface area contributed by atoms with Gasteiger partial charge in [-0.3, -0.25) is 14.6 Å². The first kappa shape index (κ1) is 20.0. The molecule has 2 N–H and O–H groups in total. The molecule has 1 atom stereocenters. The Bertz CT molecular complexity index is 919. The van der Waals surface area contributed by atoms with Gasteiger partial charge in [0, 0.05) is 37.6 Å². The Morgan fingerprint density at radius 3 is 2.64 bits per heavy atom. The standard InChI is InChI=1S/C19H22N4O4S/c24-18(10-12-21-28(26,27)16-8-4-11-20-14-16)23-13-5-9-17(23)19(25)22-15-6-2-1-3-7-15/h1-4,6-8,11,14,17,21H,5,9-10,12-13H2,(H,22,25). The minimum Gasteiger partial charge on any atom is -0.331 e. The summed E-state index contributed by atoms with van der Waals surface area (Å²) < 4.78 is 26.7. The second-order valence-electron chi connectivity index (χ2n) is 6.44. The molecule has 9 heteroatoms. The number of para-hydroxylation sites is 1. The molecule has 1 fully saturated rings. The van der Waals surface area contributed by atoms with Gasteiger partial charge in [0.15, 0.2) is 0 Å². The number of amides is 2. The van der Waals surface area contributed by atoms with E-state index >= 15 is 0 Å². The van der Waals surface area contributed by atoms with Gasteiger partial charge in [-0.05, 0) is 37.1 Å². The number of rotatable bonds is 7. The lowest BCUT2D eigenvalue weighted by Gasteiger charge is -2.24. The summed E-state index contributed by atoms with van der Waals surface area (Å²) in [5.74, 6) is -0.479. The zero-order valence-electron chi connectivity index (χ0n) is 15.2. The zero-order valence-corrected chi connectivity index (χ0v) is 16.1. The van der Waals surface area contributed by atoms with Crippen molar-refractivity contribution < 1.29 is 18.0 Å². The molecular weight excluding hydrogens is 380 g/mol. The molecule has 2 amide bonds. The van der Waals surface area contributed by atoms with Gasteiger partial charge in [0.1, 0.15) is 10.9 Å². The number of nitrogens with zero attached hydrogens (tertiary/aromatic N) is 2. The number of benzene rings is 1. The highest BCUT2D eigenvalue weighted by molar-refractivity contribution is 7.89. The van der Waals surface area contributed by atoms with Crippen molar-refractivity contribution in [3.63, 3.8) is 0 Å². The van der Waals surface area contributed by atoms with Crippen LogP contribution in [0, 0.1) is 0 Å². The molecule has 0 aliphatic carbocycles. The number of anilines is 1. The Morgan fingerprint density at radius 2 is 1.93 bits per heavy atom. The fourth-order valence-corrected chi connectivity index (χ4v) is 4.10. The van der Waals surface area contributed by atoms with Crippen LogP contribution in [0.1, 0.15) is 19.3 Å². The third-order valence-electron chi connectivity index (χ3n) is 4.49. The van der Waals surface area contributed by atoms with Gasteiger partial charge in [-0.2, -0.15) is 0 Å². The Balaban J connectivity index is 1.54. The van der Waals surface area contributed by atoms with Crippen LogP contribution in [0.4, 0.5) is 5.69 Å². The topological polar surface area (TPSA) is 108 Å². The quantitative estimate of drug-likeness (QED) is 0.727. The summed E-state index contributed by atoms with van der Waals surface area (Å²) in [6.07, 6.45) is 4.03. The van der Waals surface area contributed by atoms with Crippen molar-refractivity contribution in [2.45, 2.75) is 30.2 Å². The largest absolute Gasteiger partial charge is 0.331 e. The Kier molecular flexibility index (Phi) is 6.37. The predicted octanol–water partition coefficient (Wildman–Crippen LogP) is 1.38. The molecule has 28 heavy (non-hydrogen) atoms. The molecule has 2 heterocycles. The van der Waals surface area contributed by atoms with E-state index in [1.54, 1.807) is 12.1 Å². The average Bonchev–Trinajstić information content (AvgIpc) is 3.19. The summed E-state index contributed by atoms with van der Waals surface area (Å²) in [5.41, 5.74) is 0.677. The molecule has 1 aliphatic rings. The Labute approximate surface area is 164 Å². The fourth-order valence-electron chi connectivity index (χ4n) is 3.11. The first-order valence-corrected chi connectivity index (χ1v) is 10.5. The van der Waals surface area contributed by atoms with E-state index in [2.05, 4.69) is 15.0 Å². The van der Waals surface area contributed by atoms with Crippen molar-refractivity contribution in [2.24, 2.45) is 0 Å². The molecular formula is C19H22N4O4S. The van der Waals surface area contributed by atoms with Crippen LogP contribution in [0.15, 0.2) is 59.8 Å². The number of sulfonamides is 1. The van der Waals surface area contributed by atoms with Crippen molar-refractivity contribution in [3.8, 4) is 0 Å². The predicted molar refractivity (Wildman–Crippen MR) is 104 cm³/mol. The lowest BCUT2D eigenvalue weighted by Crippen LogP contribution is -2.44. The van der Waals surface area contributed by atoms with Gasteiger partial charge in [0.05, 0.1) is 0 Å². The van der Waals surface area contributed by atoms with Gasteiger partial charge < -0.3 is 10.2 Å². The molecule has 1 aromatic heterocycles. The Morgan fingerprint density at radius 1 is 1.14 bits per heavy atom. The van der Waals surface area contributed by atoms with Gasteiger partial charge in [0.2, 0.25) is 21.8 Å². The smallest absolute Gasteiger partial charge is 0.247 e. The second kappa shape index (κ2) is 8.94. The number of nitrogens with one attached hydrogen (secondary N) is 2. The third kappa shape index (κ3) is 4.93. The summed E-state index contributed by atoms with van der Waals surface area (Å²) in [6.45, 7) is 0.445. The normalized spacial score (nSPS) is 16.7. The lowest BCUT2D eigenvalue weighted by molar-refractivity contribution is -0.136. The molecule has 0 spiro atoms. The molecule has 1 saturated heterocycles. The number of aromatic nitrogens is 1. The van der Waals surface area contributed by atoms with Crippen LogP contribution in [-0.4, -0.2) is 49.2 Å². The van der Waals surface area contributed by atoms with E-state index in [4.69, 9.17) is 0 Å². The van der Waals surface area contributed by atoms with E-state index in [-0.39, 0.29) is 29.7 Å². The highest BCUT2D eigenvalue weighted by Crippen LogP contribution is 2.20. The first-order valence-electron chi connectivity index (χ1n) is 9.02. The molecule has 0 radical (unpaired) electrons. The zero-order chi connectivity index (χ0) is 20.0. The van der Waals surface area contributed by atoms with Crippen LogP contribution in [0.25, 0.3) is 0 Å². The van der Waals surface area contributed by atoms with Crippen molar-refractivity contribution >= 4 is 27.5 Å². The summed E-state index contributed by atoms with van der Waals surface area (Å²) in [4.78, 5) is 30.4. The van der Waals surface area contributed by atoms with Crippen molar-refractivity contribution in [1.82, 2.24) is 14.6 Å². The average molecular weight is 402 g/mol. The lowest BCUT2D eigenvalue weighted by atomic mass is 10.2. The highest BCUT2D eigenvalue weighted by Gasteiger charge is 2.33. The molecule has 1 aromatic carbocycles. The molecule has 2 aromatic rings. The van der Waals surface area contributed by atoms with Crippen LogP contribution in [0.3, 0.4) is 0 Å². The van der Waals surface area contributed by atoms with Crippen LogP contribution in [0.5, 0.6) is 0 Å². The second-order valence-corrected chi connectivity index (χ2v) is 8.20. The molecule has 1 unspecified atom stereocenters. The molecule has 1 aliphatic heterocycles. The number of carbonyl (C=O) groups is 2. The van der Waals surface area contributed by atoms with Crippen LogP contribution in [0.2, 0.25) is 0 Å². The molecule has 0 bridgehead atoms. The van der Waals surface area contributed by atoms with Crippen molar-refractivity contribution in [2.75, 3.05) is 18.4 Å². The summed E-state index contributed by atoms with van der Waals surface area (Å²) in [7, 11) is -3.71. The van der Waals surface area contributed by atoms with Gasteiger partial charge in [0.25, 0.3) is 0 Å². The van der Waals surface area contributed by atoms with Crippen LogP contribution < -0.4 is 10.0 Å². The summed E-state index contributed by atoms with van der Waals surface area (Å²) >= 11 is 0. The number of pyridine rings is 1. The third-order valence-corrected chi connectivity index (χ3v) is 5.94. The SMILES string of the molecule is O=C(Nc1ccccc1)C1CCCN1C(=O)CCNS(=O)(=O)c1cccnc1. The first-order chi connectivity index (χ1) is 13.5. The Hall–Kier alpha value is -2.78.